The highest BCUT2D eigenvalue weighted by Crippen LogP contribution is 2.21. The van der Waals surface area contributed by atoms with Crippen LogP contribution in [0.3, 0.4) is 0 Å². The summed E-state index contributed by atoms with van der Waals surface area (Å²) >= 11 is 0. The molecule has 0 aliphatic heterocycles. The van der Waals surface area contributed by atoms with E-state index in [1.54, 1.807) is 0 Å². The van der Waals surface area contributed by atoms with Gasteiger partial charge >= 0.3 is 0 Å². The molecule has 2 amide bonds. The third-order valence-corrected chi connectivity index (χ3v) is 5.30. The Morgan fingerprint density at radius 2 is 1.62 bits per heavy atom. The molecule has 0 unspecified atom stereocenters. The van der Waals surface area contributed by atoms with Gasteiger partial charge in [-0.2, -0.15) is 0 Å². The van der Waals surface area contributed by atoms with Crippen LogP contribution in [-0.4, -0.2) is 24.4 Å². The molecule has 2 aromatic rings. The zero-order chi connectivity index (χ0) is 20.5. The van der Waals surface area contributed by atoms with Gasteiger partial charge < -0.3 is 15.0 Å². The second kappa shape index (κ2) is 10.6. The van der Waals surface area contributed by atoms with E-state index in [0.717, 1.165) is 37.0 Å². The Hall–Kier alpha value is -2.82. The predicted molar refractivity (Wildman–Crippen MR) is 115 cm³/mol. The molecule has 1 N–H and O–H groups in total. The van der Waals surface area contributed by atoms with E-state index >= 15 is 0 Å². The fourth-order valence-electron chi connectivity index (χ4n) is 3.69. The van der Waals surface area contributed by atoms with Crippen molar-refractivity contribution in [2.75, 3.05) is 11.4 Å². The van der Waals surface area contributed by atoms with Crippen LogP contribution in [0.25, 0.3) is 0 Å². The monoisotopic (exact) mass is 394 g/mol. The summed E-state index contributed by atoms with van der Waals surface area (Å²) in [5, 5.41) is 3.11. The molecule has 1 aliphatic rings. The number of nitrogens with one attached hydrogen (secondary N) is 1. The molecule has 0 spiro atoms. The van der Waals surface area contributed by atoms with Crippen LogP contribution in [0.2, 0.25) is 0 Å². The van der Waals surface area contributed by atoms with Gasteiger partial charge in [0.15, 0.2) is 0 Å². The second-order valence-electron chi connectivity index (χ2n) is 7.63. The van der Waals surface area contributed by atoms with Gasteiger partial charge in [-0.05, 0) is 42.7 Å². The lowest BCUT2D eigenvalue weighted by Gasteiger charge is -2.23. The topological polar surface area (TPSA) is 58.6 Å². The van der Waals surface area contributed by atoms with Crippen LogP contribution in [0, 0.1) is 0 Å². The zero-order valence-corrected chi connectivity index (χ0v) is 17.1. The van der Waals surface area contributed by atoms with E-state index < -0.39 is 0 Å². The lowest BCUT2D eigenvalue weighted by Crippen LogP contribution is -2.43. The standard InChI is InChI=1S/C24H30N2O3/c1-19(27)26(17-24(28)25-21-11-7-2-3-8-12-21)22-13-15-23(16-14-22)29-18-20-9-5-4-6-10-20/h4-6,9-10,13-16,21H,2-3,7-8,11-12,17-18H2,1H3,(H,25,28). The van der Waals surface area contributed by atoms with E-state index in [1.807, 2.05) is 54.6 Å². The minimum atomic E-state index is -0.154. The molecule has 5 nitrogen and oxygen atoms in total. The van der Waals surface area contributed by atoms with Gasteiger partial charge in [0, 0.05) is 18.7 Å². The van der Waals surface area contributed by atoms with E-state index in [1.165, 1.54) is 24.7 Å². The first-order chi connectivity index (χ1) is 14.1. The molecule has 0 heterocycles. The van der Waals surface area contributed by atoms with Gasteiger partial charge in [-0.1, -0.05) is 56.0 Å². The van der Waals surface area contributed by atoms with Gasteiger partial charge in [-0.3, -0.25) is 9.59 Å². The second-order valence-corrected chi connectivity index (χ2v) is 7.63. The molecular formula is C24H30N2O3. The molecule has 5 heteroatoms. The van der Waals surface area contributed by atoms with Crippen LogP contribution in [-0.2, 0) is 16.2 Å². The van der Waals surface area contributed by atoms with Crippen LogP contribution >= 0.6 is 0 Å². The maximum atomic E-state index is 12.5. The first-order valence-electron chi connectivity index (χ1n) is 10.5. The Morgan fingerprint density at radius 1 is 0.966 bits per heavy atom. The molecule has 0 radical (unpaired) electrons. The van der Waals surface area contributed by atoms with Crippen molar-refractivity contribution in [2.45, 2.75) is 58.1 Å². The summed E-state index contributed by atoms with van der Waals surface area (Å²) in [6.07, 6.45) is 6.85. The number of rotatable bonds is 7. The van der Waals surface area contributed by atoms with E-state index in [0.29, 0.717) is 12.3 Å². The third kappa shape index (κ3) is 6.63. The normalized spacial score (nSPS) is 14.7. The first kappa shape index (κ1) is 20.9. The number of amides is 2. The van der Waals surface area contributed by atoms with Crippen LogP contribution in [0.5, 0.6) is 5.75 Å². The lowest BCUT2D eigenvalue weighted by molar-refractivity contribution is -0.123. The SMILES string of the molecule is CC(=O)N(CC(=O)NC1CCCCCC1)c1ccc(OCc2ccccc2)cc1. The number of anilines is 1. The average Bonchev–Trinajstić information content (AvgIpc) is 3.00. The van der Waals surface area contributed by atoms with Crippen molar-refractivity contribution in [1.82, 2.24) is 5.32 Å². The fourth-order valence-corrected chi connectivity index (χ4v) is 3.69. The van der Waals surface area contributed by atoms with Crippen LogP contribution in [0.4, 0.5) is 5.69 Å². The fraction of sp³-hybridized carbons (Fsp3) is 0.417. The molecule has 0 saturated heterocycles. The third-order valence-electron chi connectivity index (χ3n) is 5.30. The maximum absolute atomic E-state index is 12.5. The van der Waals surface area contributed by atoms with Crippen LogP contribution in [0.15, 0.2) is 54.6 Å². The summed E-state index contributed by atoms with van der Waals surface area (Å²) < 4.78 is 5.80. The molecular weight excluding hydrogens is 364 g/mol. The molecule has 1 aliphatic carbocycles. The molecule has 0 atom stereocenters. The number of carbonyl (C=O) groups is 2. The average molecular weight is 395 g/mol. The summed E-state index contributed by atoms with van der Waals surface area (Å²) in [5.74, 6) is 0.472. The largest absolute Gasteiger partial charge is 0.489 e. The van der Waals surface area contributed by atoms with E-state index in [-0.39, 0.29) is 24.4 Å². The van der Waals surface area contributed by atoms with E-state index in [9.17, 15) is 9.59 Å². The molecule has 1 saturated carbocycles. The summed E-state index contributed by atoms with van der Waals surface area (Å²) in [4.78, 5) is 26.2. The van der Waals surface area contributed by atoms with E-state index in [4.69, 9.17) is 4.74 Å². The van der Waals surface area contributed by atoms with Crippen molar-refractivity contribution < 1.29 is 14.3 Å². The predicted octanol–water partition coefficient (Wildman–Crippen LogP) is 4.46. The summed E-state index contributed by atoms with van der Waals surface area (Å²) in [6, 6.07) is 17.5. The Balaban J connectivity index is 1.56. The summed E-state index contributed by atoms with van der Waals surface area (Å²) in [6.45, 7) is 2.01. The Labute approximate surface area is 173 Å². The van der Waals surface area contributed by atoms with Gasteiger partial charge in [-0.15, -0.1) is 0 Å². The number of benzene rings is 2. The molecule has 0 aromatic heterocycles. The number of hydrogen-bond acceptors (Lipinski definition) is 3. The first-order valence-corrected chi connectivity index (χ1v) is 10.5. The molecule has 3 rings (SSSR count). The number of hydrogen-bond donors (Lipinski definition) is 1. The van der Waals surface area contributed by atoms with Gasteiger partial charge in [0.1, 0.15) is 18.9 Å². The minimum Gasteiger partial charge on any atom is -0.489 e. The van der Waals surface area contributed by atoms with Crippen LogP contribution in [0.1, 0.15) is 51.0 Å². The highest BCUT2D eigenvalue weighted by atomic mass is 16.5. The minimum absolute atomic E-state index is 0.0378. The Bertz CT molecular complexity index is 782. The maximum Gasteiger partial charge on any atom is 0.240 e. The molecule has 154 valence electrons. The number of carbonyl (C=O) groups excluding carboxylic acids is 2. The summed E-state index contributed by atoms with van der Waals surface area (Å²) in [5.41, 5.74) is 1.79. The van der Waals surface area contributed by atoms with Crippen molar-refractivity contribution in [3.05, 3.63) is 60.2 Å². The molecule has 2 aromatic carbocycles. The quantitative estimate of drug-likeness (QED) is 0.706. The van der Waals surface area contributed by atoms with Gasteiger partial charge in [0.05, 0.1) is 0 Å². The van der Waals surface area contributed by atoms with Crippen molar-refractivity contribution in [1.29, 1.82) is 0 Å². The van der Waals surface area contributed by atoms with Gasteiger partial charge in [0.25, 0.3) is 0 Å². The number of nitrogens with zero attached hydrogens (tertiary/aromatic N) is 1. The van der Waals surface area contributed by atoms with E-state index in [2.05, 4.69) is 5.32 Å². The molecule has 0 bridgehead atoms. The number of ether oxygens (including phenoxy) is 1. The lowest BCUT2D eigenvalue weighted by atomic mass is 10.1. The van der Waals surface area contributed by atoms with Crippen molar-refractivity contribution in [2.24, 2.45) is 0 Å². The zero-order valence-electron chi connectivity index (χ0n) is 17.1. The van der Waals surface area contributed by atoms with Crippen molar-refractivity contribution in [3.63, 3.8) is 0 Å². The van der Waals surface area contributed by atoms with Crippen molar-refractivity contribution >= 4 is 17.5 Å². The van der Waals surface area contributed by atoms with Gasteiger partial charge in [-0.25, -0.2) is 0 Å². The smallest absolute Gasteiger partial charge is 0.240 e. The Kier molecular flexibility index (Phi) is 7.68. The highest BCUT2D eigenvalue weighted by molar-refractivity contribution is 5.97. The molecule has 29 heavy (non-hydrogen) atoms. The highest BCUT2D eigenvalue weighted by Gasteiger charge is 2.19. The molecule has 1 fully saturated rings. The van der Waals surface area contributed by atoms with Crippen molar-refractivity contribution in [3.8, 4) is 5.75 Å². The Morgan fingerprint density at radius 3 is 2.24 bits per heavy atom. The van der Waals surface area contributed by atoms with Crippen LogP contribution < -0.4 is 15.0 Å². The van der Waals surface area contributed by atoms with Gasteiger partial charge in [0.2, 0.25) is 11.8 Å². The summed E-state index contributed by atoms with van der Waals surface area (Å²) in [7, 11) is 0.